The van der Waals surface area contributed by atoms with Crippen molar-refractivity contribution in [3.63, 3.8) is 0 Å². The van der Waals surface area contributed by atoms with Gasteiger partial charge in [-0.25, -0.2) is 4.99 Å². The predicted octanol–water partition coefficient (Wildman–Crippen LogP) is 3.59. The second-order valence-electron chi connectivity index (χ2n) is 6.32. The van der Waals surface area contributed by atoms with Crippen LogP contribution in [0.4, 0.5) is 0 Å². The molecule has 22 heavy (non-hydrogen) atoms. The van der Waals surface area contributed by atoms with Crippen LogP contribution in [-0.2, 0) is 0 Å². The van der Waals surface area contributed by atoms with E-state index in [0.29, 0.717) is 0 Å². The summed E-state index contributed by atoms with van der Waals surface area (Å²) in [5, 5.41) is 7.25. The molecule has 0 aromatic heterocycles. The van der Waals surface area contributed by atoms with Crippen molar-refractivity contribution in [2.45, 2.75) is 52.9 Å². The molecule has 0 unspecified atom stereocenters. The average molecular weight is 306 g/mol. The van der Waals surface area contributed by atoms with Crippen LogP contribution in [0.2, 0.25) is 0 Å². The molecule has 4 nitrogen and oxygen atoms in total. The number of hydrogen-bond donors (Lipinski definition) is 1. The lowest BCUT2D eigenvalue weighted by molar-refractivity contribution is 0.153. The molecule has 0 spiro atoms. The van der Waals surface area contributed by atoms with Gasteiger partial charge in [0.1, 0.15) is 6.34 Å². The number of piperazine rings is 1. The molecule has 0 aromatic carbocycles. The minimum absolute atomic E-state index is 0.917. The summed E-state index contributed by atoms with van der Waals surface area (Å²) in [5.41, 5.74) is 3.97. The monoisotopic (exact) mass is 306 g/mol. The highest BCUT2D eigenvalue weighted by atomic mass is 15.2. The Balaban J connectivity index is 2.55. The molecule has 1 heterocycles. The van der Waals surface area contributed by atoms with Crippen molar-refractivity contribution in [2.24, 2.45) is 4.99 Å². The summed E-state index contributed by atoms with van der Waals surface area (Å²) in [4.78, 5) is 9.26. The zero-order valence-electron chi connectivity index (χ0n) is 15.0. The first kappa shape index (κ1) is 19.0. The number of nitrogens with one attached hydrogen (secondary N) is 1. The molecule has 0 radical (unpaired) electrons. The first-order chi connectivity index (χ1) is 10.6. The van der Waals surface area contributed by atoms with Crippen LogP contribution < -0.4 is 0 Å². The summed E-state index contributed by atoms with van der Waals surface area (Å²) >= 11 is 0. The largest absolute Gasteiger partial charge is 0.304 e. The van der Waals surface area contributed by atoms with E-state index in [2.05, 4.69) is 42.6 Å². The van der Waals surface area contributed by atoms with Gasteiger partial charge < -0.3 is 9.80 Å². The second-order valence-corrected chi connectivity index (χ2v) is 6.32. The quantitative estimate of drug-likeness (QED) is 0.522. The van der Waals surface area contributed by atoms with E-state index < -0.39 is 0 Å². The summed E-state index contributed by atoms with van der Waals surface area (Å²) in [6, 6.07) is 0. The van der Waals surface area contributed by atoms with Gasteiger partial charge in [-0.05, 0) is 51.8 Å². The van der Waals surface area contributed by atoms with Crippen molar-refractivity contribution in [3.8, 4) is 0 Å². The van der Waals surface area contributed by atoms with Gasteiger partial charge >= 0.3 is 0 Å². The maximum atomic E-state index is 7.25. The van der Waals surface area contributed by atoms with Crippen LogP contribution in [0.5, 0.6) is 0 Å². The zero-order valence-corrected chi connectivity index (χ0v) is 15.0. The molecule has 1 fully saturated rings. The van der Waals surface area contributed by atoms with E-state index in [9.17, 15) is 0 Å². The molecule has 1 N–H and O–H groups in total. The van der Waals surface area contributed by atoms with Gasteiger partial charge in [0.2, 0.25) is 0 Å². The van der Waals surface area contributed by atoms with E-state index in [1.807, 2.05) is 0 Å². The fourth-order valence-electron chi connectivity index (χ4n) is 3.10. The Morgan fingerprint density at radius 1 is 1.14 bits per heavy atom. The molecule has 0 aliphatic carbocycles. The summed E-state index contributed by atoms with van der Waals surface area (Å²) in [7, 11) is 2.20. The van der Waals surface area contributed by atoms with Gasteiger partial charge in [-0.2, -0.15) is 0 Å². The van der Waals surface area contributed by atoms with E-state index in [1.54, 1.807) is 0 Å². The molecule has 0 atom stereocenters. The Kier molecular flexibility index (Phi) is 9.25. The Hall–Kier alpha value is -1.00. The van der Waals surface area contributed by atoms with Crippen LogP contribution >= 0.6 is 0 Å². The van der Waals surface area contributed by atoms with Gasteiger partial charge in [0.25, 0.3) is 0 Å². The van der Waals surface area contributed by atoms with Crippen LogP contribution in [-0.4, -0.2) is 61.6 Å². The molecule has 126 valence electrons. The molecule has 0 amide bonds. The number of aliphatic imine (C=N–C) groups is 1. The number of rotatable bonds is 9. The lowest BCUT2D eigenvalue weighted by atomic mass is 9.95. The predicted molar refractivity (Wildman–Crippen MR) is 97.3 cm³/mol. The van der Waals surface area contributed by atoms with Crippen molar-refractivity contribution in [1.29, 1.82) is 5.41 Å². The van der Waals surface area contributed by atoms with Crippen LogP contribution in [0.1, 0.15) is 52.9 Å². The third-order valence-electron chi connectivity index (χ3n) is 4.54. The molecular weight excluding hydrogens is 272 g/mol. The minimum Gasteiger partial charge on any atom is -0.304 e. The first-order valence-electron chi connectivity index (χ1n) is 8.77. The average Bonchev–Trinajstić information content (AvgIpc) is 2.52. The van der Waals surface area contributed by atoms with Crippen molar-refractivity contribution < 1.29 is 0 Å². The maximum absolute atomic E-state index is 7.25. The topological polar surface area (TPSA) is 42.7 Å². The molecule has 1 saturated heterocycles. The molecular formula is C18H34N4. The van der Waals surface area contributed by atoms with Crippen molar-refractivity contribution in [2.75, 3.05) is 39.8 Å². The molecule has 1 aliphatic heterocycles. The van der Waals surface area contributed by atoms with Crippen LogP contribution in [0.3, 0.4) is 0 Å². The third-order valence-corrected chi connectivity index (χ3v) is 4.54. The molecule has 4 heteroatoms. The third kappa shape index (κ3) is 6.41. The summed E-state index contributed by atoms with van der Waals surface area (Å²) in [6.45, 7) is 12.6. The van der Waals surface area contributed by atoms with Crippen LogP contribution in [0, 0.1) is 5.41 Å². The Morgan fingerprint density at radius 2 is 1.82 bits per heavy atom. The highest BCUT2D eigenvalue weighted by Gasteiger charge is 2.13. The van der Waals surface area contributed by atoms with Crippen molar-refractivity contribution in [3.05, 3.63) is 11.1 Å². The molecule has 1 rings (SSSR count). The SMILES string of the molecule is CCC/C(C(CC)=NC=N)=C(/C)CCCN1CCN(C)CC1. The Bertz CT molecular complexity index is 390. The standard InChI is InChI=1S/C18H34N4/c1-5-8-17(18(6-2)20-15-19)16(3)9-7-10-22-13-11-21(4)12-14-22/h15,19H,5-14H2,1-4H3/b17-16+,19-15?,20-18?. The van der Waals surface area contributed by atoms with Crippen molar-refractivity contribution >= 4 is 12.1 Å². The normalized spacial score (nSPS) is 19.2. The van der Waals surface area contributed by atoms with E-state index in [0.717, 1.165) is 31.4 Å². The van der Waals surface area contributed by atoms with Crippen LogP contribution in [0.25, 0.3) is 0 Å². The van der Waals surface area contributed by atoms with Gasteiger partial charge in [-0.3, -0.25) is 5.41 Å². The molecule has 0 aromatic rings. The minimum atomic E-state index is 0.917. The summed E-state index contributed by atoms with van der Waals surface area (Å²) in [6.07, 6.45) is 6.71. The maximum Gasteiger partial charge on any atom is 0.107 e. The van der Waals surface area contributed by atoms with E-state index in [-0.39, 0.29) is 0 Å². The number of nitrogens with zero attached hydrogens (tertiary/aromatic N) is 3. The summed E-state index contributed by atoms with van der Waals surface area (Å²) < 4.78 is 0. The fraction of sp³-hybridized carbons (Fsp3) is 0.778. The number of hydrogen-bond acceptors (Lipinski definition) is 3. The number of allylic oxidation sites excluding steroid dienone is 2. The summed E-state index contributed by atoms with van der Waals surface area (Å²) in [5.74, 6) is 0. The molecule has 1 aliphatic rings. The van der Waals surface area contributed by atoms with Gasteiger partial charge in [0, 0.05) is 31.9 Å². The van der Waals surface area contributed by atoms with Crippen molar-refractivity contribution in [1.82, 2.24) is 9.80 Å². The van der Waals surface area contributed by atoms with Gasteiger partial charge in [-0.1, -0.05) is 25.8 Å². The van der Waals surface area contributed by atoms with Gasteiger partial charge in [0.05, 0.1) is 0 Å². The van der Waals surface area contributed by atoms with Gasteiger partial charge in [0.15, 0.2) is 0 Å². The van der Waals surface area contributed by atoms with Gasteiger partial charge in [-0.15, -0.1) is 0 Å². The second kappa shape index (κ2) is 10.7. The highest BCUT2D eigenvalue weighted by Crippen LogP contribution is 2.19. The lowest BCUT2D eigenvalue weighted by Crippen LogP contribution is -2.44. The zero-order chi connectivity index (χ0) is 16.4. The smallest absolute Gasteiger partial charge is 0.107 e. The van der Waals surface area contributed by atoms with Crippen LogP contribution in [0.15, 0.2) is 16.1 Å². The lowest BCUT2D eigenvalue weighted by Gasteiger charge is -2.32. The Labute approximate surface area is 136 Å². The molecule has 0 saturated carbocycles. The first-order valence-corrected chi connectivity index (χ1v) is 8.77. The highest BCUT2D eigenvalue weighted by molar-refractivity contribution is 6.03. The molecule has 0 bridgehead atoms. The number of likely N-dealkylation sites (N-methyl/N-ethyl adjacent to an activating group) is 1. The van der Waals surface area contributed by atoms with E-state index in [1.165, 1.54) is 56.6 Å². The Morgan fingerprint density at radius 3 is 2.36 bits per heavy atom. The van der Waals surface area contributed by atoms with E-state index in [4.69, 9.17) is 5.41 Å². The fourth-order valence-corrected chi connectivity index (χ4v) is 3.10. The van der Waals surface area contributed by atoms with E-state index >= 15 is 0 Å².